The molecular formula is C14H20N2OS. The fraction of sp³-hybridized carbons (Fsp3) is 0.643. The van der Waals surface area contributed by atoms with Crippen molar-refractivity contribution >= 4 is 17.2 Å². The molecule has 0 radical (unpaired) electrons. The minimum Gasteiger partial charge on any atom is -0.340 e. The molecule has 3 rings (SSSR count). The maximum absolute atomic E-state index is 12.4. The zero-order valence-electron chi connectivity index (χ0n) is 10.8. The van der Waals surface area contributed by atoms with Gasteiger partial charge in [-0.15, -0.1) is 11.3 Å². The highest BCUT2D eigenvalue weighted by Gasteiger charge is 2.46. The average Bonchev–Trinajstić information content (AvgIpc) is 3.03. The third-order valence-corrected chi connectivity index (χ3v) is 5.15. The van der Waals surface area contributed by atoms with Gasteiger partial charge in [-0.05, 0) is 24.4 Å². The molecule has 98 valence electrons. The molecule has 1 aromatic rings. The van der Waals surface area contributed by atoms with Crippen LogP contribution in [0, 0.1) is 5.92 Å². The second kappa shape index (κ2) is 5.02. The lowest BCUT2D eigenvalue weighted by atomic mass is 10.2. The fourth-order valence-corrected chi connectivity index (χ4v) is 3.71. The Morgan fingerprint density at radius 3 is 2.78 bits per heavy atom. The van der Waals surface area contributed by atoms with Crippen LogP contribution in [-0.2, 0) is 4.79 Å². The first-order valence-corrected chi connectivity index (χ1v) is 7.72. The van der Waals surface area contributed by atoms with E-state index in [1.54, 1.807) is 11.3 Å². The second-order valence-electron chi connectivity index (χ2n) is 5.22. The van der Waals surface area contributed by atoms with Crippen molar-refractivity contribution in [3.05, 3.63) is 22.4 Å². The number of thiophene rings is 1. The van der Waals surface area contributed by atoms with Gasteiger partial charge in [0.05, 0.1) is 0 Å². The molecule has 2 fully saturated rings. The Kier molecular flexibility index (Phi) is 3.39. The number of carbonyl (C=O) groups is 1. The highest BCUT2D eigenvalue weighted by atomic mass is 32.1. The van der Waals surface area contributed by atoms with Crippen LogP contribution in [0.15, 0.2) is 17.5 Å². The van der Waals surface area contributed by atoms with Crippen molar-refractivity contribution in [1.29, 1.82) is 0 Å². The third kappa shape index (κ3) is 2.31. The lowest BCUT2D eigenvalue weighted by Gasteiger charge is -2.34. The zero-order chi connectivity index (χ0) is 12.5. The normalized spacial score (nSPS) is 28.4. The molecule has 4 heteroatoms. The standard InChI is InChI=1S/C14H20N2OS/c1-2-15-5-7-16(8-6-15)14(17)12-10-11(12)13-4-3-9-18-13/h3-4,9,11-12H,2,5-8,10H2,1H3. The summed E-state index contributed by atoms with van der Waals surface area (Å²) >= 11 is 1.79. The van der Waals surface area contributed by atoms with Crippen LogP contribution in [0.2, 0.25) is 0 Å². The third-order valence-electron chi connectivity index (χ3n) is 4.15. The number of piperazine rings is 1. The highest BCUT2D eigenvalue weighted by Crippen LogP contribution is 2.50. The smallest absolute Gasteiger partial charge is 0.226 e. The van der Waals surface area contributed by atoms with E-state index in [0.29, 0.717) is 11.8 Å². The largest absolute Gasteiger partial charge is 0.340 e. The molecule has 2 aliphatic rings. The van der Waals surface area contributed by atoms with Crippen molar-refractivity contribution in [3.63, 3.8) is 0 Å². The van der Waals surface area contributed by atoms with E-state index in [2.05, 4.69) is 34.2 Å². The maximum atomic E-state index is 12.4. The van der Waals surface area contributed by atoms with Crippen LogP contribution in [0.1, 0.15) is 24.1 Å². The fourth-order valence-electron chi connectivity index (χ4n) is 2.80. The Hall–Kier alpha value is -0.870. The summed E-state index contributed by atoms with van der Waals surface area (Å²) in [4.78, 5) is 18.2. The van der Waals surface area contributed by atoms with E-state index >= 15 is 0 Å². The number of hydrogen-bond donors (Lipinski definition) is 0. The molecule has 0 bridgehead atoms. The van der Waals surface area contributed by atoms with Gasteiger partial charge in [-0.3, -0.25) is 4.79 Å². The van der Waals surface area contributed by atoms with Crippen LogP contribution in [0.3, 0.4) is 0 Å². The lowest BCUT2D eigenvalue weighted by Crippen LogP contribution is -2.49. The van der Waals surface area contributed by atoms with Crippen molar-refractivity contribution in [3.8, 4) is 0 Å². The molecule has 2 unspecified atom stereocenters. The van der Waals surface area contributed by atoms with E-state index < -0.39 is 0 Å². The van der Waals surface area contributed by atoms with Gasteiger partial charge in [0.15, 0.2) is 0 Å². The number of nitrogens with zero attached hydrogens (tertiary/aromatic N) is 2. The first kappa shape index (κ1) is 12.2. The van der Waals surface area contributed by atoms with Gasteiger partial charge in [0.2, 0.25) is 5.91 Å². The zero-order valence-corrected chi connectivity index (χ0v) is 11.7. The van der Waals surface area contributed by atoms with Crippen LogP contribution in [-0.4, -0.2) is 48.4 Å². The maximum Gasteiger partial charge on any atom is 0.226 e. The van der Waals surface area contributed by atoms with E-state index in [0.717, 1.165) is 39.1 Å². The topological polar surface area (TPSA) is 23.6 Å². The predicted molar refractivity (Wildman–Crippen MR) is 73.9 cm³/mol. The first-order valence-electron chi connectivity index (χ1n) is 6.84. The summed E-state index contributed by atoms with van der Waals surface area (Å²) in [5, 5.41) is 2.11. The van der Waals surface area contributed by atoms with E-state index in [4.69, 9.17) is 0 Å². The molecule has 1 saturated heterocycles. The summed E-state index contributed by atoms with van der Waals surface area (Å²) in [6, 6.07) is 4.25. The number of hydrogen-bond acceptors (Lipinski definition) is 3. The highest BCUT2D eigenvalue weighted by molar-refractivity contribution is 7.10. The van der Waals surface area contributed by atoms with Gasteiger partial charge >= 0.3 is 0 Å². The van der Waals surface area contributed by atoms with Gasteiger partial charge in [-0.2, -0.15) is 0 Å². The van der Waals surface area contributed by atoms with Gasteiger partial charge in [-0.1, -0.05) is 13.0 Å². The van der Waals surface area contributed by atoms with Gasteiger partial charge in [0, 0.05) is 42.9 Å². The minimum atomic E-state index is 0.275. The van der Waals surface area contributed by atoms with Crippen LogP contribution >= 0.6 is 11.3 Å². The Bertz CT molecular complexity index is 409. The summed E-state index contributed by atoms with van der Waals surface area (Å²) in [5.41, 5.74) is 0. The number of likely N-dealkylation sites (N-methyl/N-ethyl adjacent to an activating group) is 1. The number of amides is 1. The van der Waals surface area contributed by atoms with Crippen LogP contribution in [0.25, 0.3) is 0 Å². The van der Waals surface area contributed by atoms with Gasteiger partial charge in [-0.25, -0.2) is 0 Å². The SMILES string of the molecule is CCN1CCN(C(=O)C2CC2c2cccs2)CC1. The Balaban J connectivity index is 1.54. The molecule has 1 saturated carbocycles. The Labute approximate surface area is 112 Å². The van der Waals surface area contributed by atoms with Gasteiger partial charge in [0.25, 0.3) is 0 Å². The van der Waals surface area contributed by atoms with Crippen molar-refractivity contribution < 1.29 is 4.79 Å². The summed E-state index contributed by atoms with van der Waals surface area (Å²) in [6.45, 7) is 7.20. The van der Waals surface area contributed by atoms with E-state index in [9.17, 15) is 4.79 Å². The Morgan fingerprint density at radius 1 is 1.39 bits per heavy atom. The predicted octanol–water partition coefficient (Wildman–Crippen LogP) is 2.02. The van der Waals surface area contributed by atoms with E-state index in [1.807, 2.05) is 0 Å². The quantitative estimate of drug-likeness (QED) is 0.834. The van der Waals surface area contributed by atoms with E-state index in [-0.39, 0.29) is 5.92 Å². The summed E-state index contributed by atoms with van der Waals surface area (Å²) in [5.74, 6) is 1.18. The van der Waals surface area contributed by atoms with Crippen molar-refractivity contribution in [2.24, 2.45) is 5.92 Å². The molecule has 1 aliphatic heterocycles. The van der Waals surface area contributed by atoms with Crippen molar-refractivity contribution in [2.45, 2.75) is 19.3 Å². The summed E-state index contributed by atoms with van der Waals surface area (Å²) < 4.78 is 0. The van der Waals surface area contributed by atoms with Crippen molar-refractivity contribution in [2.75, 3.05) is 32.7 Å². The van der Waals surface area contributed by atoms with E-state index in [1.165, 1.54) is 4.88 Å². The summed E-state index contributed by atoms with van der Waals surface area (Å²) in [6.07, 6.45) is 1.06. The molecule has 0 aromatic carbocycles. The lowest BCUT2D eigenvalue weighted by molar-refractivity contribution is -0.134. The average molecular weight is 264 g/mol. The monoisotopic (exact) mass is 264 g/mol. The molecule has 1 amide bonds. The van der Waals surface area contributed by atoms with Crippen LogP contribution < -0.4 is 0 Å². The first-order chi connectivity index (χ1) is 8.79. The van der Waals surface area contributed by atoms with Gasteiger partial charge < -0.3 is 9.80 Å². The van der Waals surface area contributed by atoms with Crippen molar-refractivity contribution in [1.82, 2.24) is 9.80 Å². The molecule has 18 heavy (non-hydrogen) atoms. The molecule has 1 aliphatic carbocycles. The molecule has 3 nitrogen and oxygen atoms in total. The van der Waals surface area contributed by atoms with Crippen LogP contribution in [0.4, 0.5) is 0 Å². The minimum absolute atomic E-state index is 0.275. The second-order valence-corrected chi connectivity index (χ2v) is 6.20. The van der Waals surface area contributed by atoms with Crippen LogP contribution in [0.5, 0.6) is 0 Å². The number of rotatable bonds is 3. The molecule has 1 aromatic heterocycles. The molecule has 2 atom stereocenters. The Morgan fingerprint density at radius 2 is 2.17 bits per heavy atom. The molecule has 0 spiro atoms. The van der Waals surface area contributed by atoms with Gasteiger partial charge in [0.1, 0.15) is 0 Å². The number of carbonyl (C=O) groups excluding carboxylic acids is 1. The molecule has 2 heterocycles. The molecule has 0 N–H and O–H groups in total. The summed E-state index contributed by atoms with van der Waals surface area (Å²) in [7, 11) is 0. The molecular weight excluding hydrogens is 244 g/mol.